The van der Waals surface area contributed by atoms with Gasteiger partial charge in [0.1, 0.15) is 5.75 Å². The molecule has 0 amide bonds. The summed E-state index contributed by atoms with van der Waals surface area (Å²) >= 11 is 1.16. The van der Waals surface area contributed by atoms with E-state index < -0.39 is 6.61 Å². The maximum absolute atomic E-state index is 12.7. The van der Waals surface area contributed by atoms with E-state index in [4.69, 9.17) is 4.42 Å². The summed E-state index contributed by atoms with van der Waals surface area (Å²) < 4.78 is 34.3. The highest BCUT2D eigenvalue weighted by Gasteiger charge is 2.16. The zero-order chi connectivity index (χ0) is 21.1. The van der Waals surface area contributed by atoms with Crippen molar-refractivity contribution in [3.05, 3.63) is 58.1 Å². The lowest BCUT2D eigenvalue weighted by atomic mass is 9.93. The van der Waals surface area contributed by atoms with Gasteiger partial charge < -0.3 is 9.15 Å². The first kappa shape index (κ1) is 21.0. The Kier molecular flexibility index (Phi) is 6.32. The molecule has 0 unspecified atom stereocenters. The van der Waals surface area contributed by atoms with Gasteiger partial charge in [0, 0.05) is 11.1 Å². The van der Waals surface area contributed by atoms with Gasteiger partial charge in [-0.15, -0.1) is 10.2 Å². The predicted molar refractivity (Wildman–Crippen MR) is 107 cm³/mol. The number of ketones is 1. The standard InChI is InChI=1S/C21H20F2N2O3S/c1-11-9-17(14(4)13(3)12(11)2)18(26)10-29-21-25-24-19(28-21)15-5-7-16(8-6-15)27-20(22)23/h5-9,20H,10H2,1-4H3. The van der Waals surface area contributed by atoms with Gasteiger partial charge in [-0.3, -0.25) is 4.79 Å². The summed E-state index contributed by atoms with van der Waals surface area (Å²) in [6, 6.07) is 7.81. The van der Waals surface area contributed by atoms with Crippen LogP contribution in [0.4, 0.5) is 8.78 Å². The minimum absolute atomic E-state index is 0.00745. The van der Waals surface area contributed by atoms with E-state index in [1.54, 1.807) is 12.1 Å². The number of rotatable bonds is 7. The SMILES string of the molecule is Cc1cc(C(=O)CSc2nnc(-c3ccc(OC(F)F)cc3)o2)c(C)c(C)c1C. The van der Waals surface area contributed by atoms with Crippen molar-refractivity contribution in [3.63, 3.8) is 0 Å². The van der Waals surface area contributed by atoms with Crippen molar-refractivity contribution in [3.8, 4) is 17.2 Å². The Hall–Kier alpha value is -2.74. The van der Waals surface area contributed by atoms with Crippen molar-refractivity contribution < 1.29 is 22.7 Å². The van der Waals surface area contributed by atoms with Gasteiger partial charge in [-0.25, -0.2) is 0 Å². The quantitative estimate of drug-likeness (QED) is 0.370. The molecule has 3 rings (SSSR count). The lowest BCUT2D eigenvalue weighted by molar-refractivity contribution is -0.0498. The molecule has 0 fully saturated rings. The first-order valence-corrected chi connectivity index (χ1v) is 9.87. The Morgan fingerprint density at radius 3 is 2.41 bits per heavy atom. The van der Waals surface area contributed by atoms with Gasteiger partial charge in [0.15, 0.2) is 5.78 Å². The highest BCUT2D eigenvalue weighted by molar-refractivity contribution is 7.99. The second-order valence-corrected chi connectivity index (χ2v) is 7.53. The minimum Gasteiger partial charge on any atom is -0.435 e. The van der Waals surface area contributed by atoms with Crippen LogP contribution in [0.25, 0.3) is 11.5 Å². The summed E-state index contributed by atoms with van der Waals surface area (Å²) in [5.74, 6) is 0.446. The van der Waals surface area contributed by atoms with Crippen LogP contribution in [-0.4, -0.2) is 28.3 Å². The molecule has 8 heteroatoms. The number of nitrogens with zero attached hydrogens (tertiary/aromatic N) is 2. The molecule has 5 nitrogen and oxygen atoms in total. The fourth-order valence-corrected chi connectivity index (χ4v) is 3.52. The first-order valence-electron chi connectivity index (χ1n) is 8.88. The molecule has 0 radical (unpaired) electrons. The summed E-state index contributed by atoms with van der Waals surface area (Å²) in [5, 5.41) is 8.15. The Morgan fingerprint density at radius 1 is 1.07 bits per heavy atom. The maximum atomic E-state index is 12.7. The van der Waals surface area contributed by atoms with Crippen LogP contribution >= 0.6 is 11.8 Å². The van der Waals surface area contributed by atoms with Gasteiger partial charge in [0.05, 0.1) is 5.75 Å². The van der Waals surface area contributed by atoms with E-state index in [2.05, 4.69) is 14.9 Å². The molecule has 2 aromatic carbocycles. The van der Waals surface area contributed by atoms with E-state index >= 15 is 0 Å². The number of thioether (sulfide) groups is 1. The van der Waals surface area contributed by atoms with Gasteiger partial charge in [0.2, 0.25) is 5.89 Å². The normalized spacial score (nSPS) is 11.1. The smallest absolute Gasteiger partial charge is 0.387 e. The number of hydrogen-bond donors (Lipinski definition) is 0. The van der Waals surface area contributed by atoms with E-state index in [0.717, 1.165) is 28.5 Å². The Morgan fingerprint density at radius 2 is 1.76 bits per heavy atom. The zero-order valence-electron chi connectivity index (χ0n) is 16.5. The van der Waals surface area contributed by atoms with Crippen molar-refractivity contribution in [1.82, 2.24) is 10.2 Å². The molecule has 0 N–H and O–H groups in total. The van der Waals surface area contributed by atoms with Gasteiger partial charge >= 0.3 is 6.61 Å². The molecule has 152 valence electrons. The van der Waals surface area contributed by atoms with E-state index in [9.17, 15) is 13.6 Å². The van der Waals surface area contributed by atoms with Crippen LogP contribution in [0.1, 0.15) is 32.6 Å². The van der Waals surface area contributed by atoms with Crippen LogP contribution in [0, 0.1) is 27.7 Å². The van der Waals surface area contributed by atoms with E-state index in [1.165, 1.54) is 17.7 Å². The Bertz CT molecular complexity index is 1030. The monoisotopic (exact) mass is 418 g/mol. The molecule has 0 spiro atoms. The molecule has 0 saturated carbocycles. The summed E-state index contributed by atoms with van der Waals surface area (Å²) in [7, 11) is 0. The van der Waals surface area contributed by atoms with E-state index in [1.807, 2.05) is 33.8 Å². The van der Waals surface area contributed by atoms with Gasteiger partial charge in [-0.2, -0.15) is 8.78 Å². The molecular formula is C21H20F2N2O3S. The van der Waals surface area contributed by atoms with E-state index in [-0.39, 0.29) is 28.4 Å². The first-order chi connectivity index (χ1) is 13.8. The fraction of sp³-hybridized carbons (Fsp3) is 0.286. The third kappa shape index (κ3) is 4.82. The number of carbonyl (C=O) groups excluding carboxylic acids is 1. The molecule has 0 bridgehead atoms. The number of halogens is 2. The topological polar surface area (TPSA) is 65.2 Å². The molecule has 0 saturated heterocycles. The molecule has 0 aliphatic heterocycles. The molecule has 0 atom stereocenters. The van der Waals surface area contributed by atoms with Crippen molar-refractivity contribution in [1.29, 1.82) is 0 Å². The Balaban J connectivity index is 1.67. The molecule has 0 aliphatic rings. The van der Waals surface area contributed by atoms with Gasteiger partial charge in [0.25, 0.3) is 5.22 Å². The summed E-state index contributed by atoms with van der Waals surface area (Å²) in [4.78, 5) is 12.7. The predicted octanol–water partition coefficient (Wildman–Crippen LogP) is 5.55. The third-order valence-electron chi connectivity index (χ3n) is 4.84. The number of carbonyl (C=O) groups is 1. The van der Waals surface area contributed by atoms with Gasteiger partial charge in [-0.1, -0.05) is 11.8 Å². The number of aromatic nitrogens is 2. The van der Waals surface area contributed by atoms with Crippen molar-refractivity contribution in [2.24, 2.45) is 0 Å². The van der Waals surface area contributed by atoms with Crippen molar-refractivity contribution >= 4 is 17.5 Å². The van der Waals surface area contributed by atoms with Crippen LogP contribution in [0.15, 0.2) is 40.0 Å². The fourth-order valence-electron chi connectivity index (χ4n) is 2.87. The number of benzene rings is 2. The highest BCUT2D eigenvalue weighted by Crippen LogP contribution is 2.27. The number of Topliss-reactive ketones (excluding diaryl/α,β-unsaturated/α-hetero) is 1. The molecule has 3 aromatic rings. The van der Waals surface area contributed by atoms with Crippen molar-refractivity contribution in [2.75, 3.05) is 5.75 Å². The molecule has 0 aliphatic carbocycles. The number of ether oxygens (including phenoxy) is 1. The van der Waals surface area contributed by atoms with Gasteiger partial charge in [-0.05, 0) is 80.3 Å². The van der Waals surface area contributed by atoms with Crippen LogP contribution < -0.4 is 4.74 Å². The number of hydrogen-bond acceptors (Lipinski definition) is 6. The second-order valence-electron chi connectivity index (χ2n) is 6.60. The average Bonchev–Trinajstić information content (AvgIpc) is 3.16. The summed E-state index contributed by atoms with van der Waals surface area (Å²) in [6.07, 6.45) is 0. The van der Waals surface area contributed by atoms with E-state index in [0.29, 0.717) is 11.1 Å². The minimum atomic E-state index is -2.88. The Labute approximate surface area is 171 Å². The average molecular weight is 418 g/mol. The lowest BCUT2D eigenvalue weighted by Gasteiger charge is -2.13. The zero-order valence-corrected chi connectivity index (χ0v) is 17.3. The summed E-state index contributed by atoms with van der Waals surface area (Å²) in [5.41, 5.74) is 5.65. The maximum Gasteiger partial charge on any atom is 0.387 e. The third-order valence-corrected chi connectivity index (χ3v) is 5.66. The van der Waals surface area contributed by atoms with Crippen LogP contribution in [0.2, 0.25) is 0 Å². The molecule has 1 aromatic heterocycles. The number of alkyl halides is 2. The van der Waals surface area contributed by atoms with Crippen LogP contribution in [0.5, 0.6) is 5.75 Å². The molecule has 29 heavy (non-hydrogen) atoms. The highest BCUT2D eigenvalue weighted by atomic mass is 32.2. The largest absolute Gasteiger partial charge is 0.435 e. The van der Waals surface area contributed by atoms with Crippen molar-refractivity contribution in [2.45, 2.75) is 39.5 Å². The number of aryl methyl sites for hydroxylation is 1. The molecule has 1 heterocycles. The molecular weight excluding hydrogens is 398 g/mol. The second kappa shape index (κ2) is 8.73. The lowest BCUT2D eigenvalue weighted by Crippen LogP contribution is -2.08. The van der Waals surface area contributed by atoms with Crippen LogP contribution in [0.3, 0.4) is 0 Å². The summed E-state index contributed by atoms with van der Waals surface area (Å²) in [6.45, 7) is 5.13. The van der Waals surface area contributed by atoms with Crippen LogP contribution in [-0.2, 0) is 0 Å².